The van der Waals surface area contributed by atoms with Crippen molar-refractivity contribution in [2.75, 3.05) is 0 Å². The molecule has 0 radical (unpaired) electrons. The number of hydrogen-bond donors (Lipinski definition) is 0. The highest BCUT2D eigenvalue weighted by molar-refractivity contribution is 7.98. The fourth-order valence-electron chi connectivity index (χ4n) is 4.04. The number of thiophene rings is 1. The van der Waals surface area contributed by atoms with Crippen LogP contribution in [-0.4, -0.2) is 15.0 Å². The first-order valence-corrected chi connectivity index (χ1v) is 11.4. The molecule has 3 aromatic heterocycles. The Kier molecular flexibility index (Phi) is 4.58. The van der Waals surface area contributed by atoms with E-state index in [9.17, 15) is 0 Å². The van der Waals surface area contributed by atoms with Gasteiger partial charge in [-0.25, -0.2) is 15.0 Å². The smallest absolute Gasteiger partial charge is 0.126 e. The van der Waals surface area contributed by atoms with E-state index in [1.165, 1.54) is 51.7 Å². The van der Waals surface area contributed by atoms with Gasteiger partial charge in [0, 0.05) is 16.8 Å². The Morgan fingerprint density at radius 1 is 1.04 bits per heavy atom. The molecule has 1 aromatic carbocycles. The Bertz CT molecular complexity index is 1120. The summed E-state index contributed by atoms with van der Waals surface area (Å²) in [6.07, 6.45) is 7.61. The van der Waals surface area contributed by atoms with E-state index in [4.69, 9.17) is 9.97 Å². The minimum Gasteiger partial charge on any atom is -0.242 e. The average Bonchev–Trinajstić information content (AvgIpc) is 3.11. The molecule has 0 fully saturated rings. The van der Waals surface area contributed by atoms with E-state index >= 15 is 0 Å². The molecule has 0 bridgehead atoms. The van der Waals surface area contributed by atoms with Gasteiger partial charge in [-0.05, 0) is 48.8 Å². The number of pyridine rings is 1. The molecule has 4 aromatic rings. The lowest BCUT2D eigenvalue weighted by molar-refractivity contribution is 0.679. The van der Waals surface area contributed by atoms with Crippen molar-refractivity contribution in [3.05, 3.63) is 59.0 Å². The summed E-state index contributed by atoms with van der Waals surface area (Å²) in [6.45, 7) is 2.22. The summed E-state index contributed by atoms with van der Waals surface area (Å²) in [5, 5.41) is 2.38. The Labute approximate surface area is 167 Å². The van der Waals surface area contributed by atoms with Gasteiger partial charge in [0.1, 0.15) is 16.2 Å². The zero-order valence-corrected chi connectivity index (χ0v) is 17.0. The van der Waals surface area contributed by atoms with Crippen LogP contribution >= 0.6 is 23.1 Å². The molecule has 0 amide bonds. The van der Waals surface area contributed by atoms with E-state index in [1.54, 1.807) is 29.4 Å². The third kappa shape index (κ3) is 3.03. The van der Waals surface area contributed by atoms with Crippen molar-refractivity contribution in [3.63, 3.8) is 0 Å². The summed E-state index contributed by atoms with van der Waals surface area (Å²) in [7, 11) is 0. The molecule has 1 aliphatic carbocycles. The van der Waals surface area contributed by atoms with Gasteiger partial charge in [-0.1, -0.05) is 37.3 Å². The summed E-state index contributed by atoms with van der Waals surface area (Å²) >= 11 is 3.57. The van der Waals surface area contributed by atoms with E-state index in [-0.39, 0.29) is 0 Å². The van der Waals surface area contributed by atoms with Crippen molar-refractivity contribution in [1.82, 2.24) is 15.0 Å². The van der Waals surface area contributed by atoms with Gasteiger partial charge in [0.05, 0.1) is 10.2 Å². The number of fused-ring (bicyclic) bond motifs is 5. The predicted octanol–water partition coefficient (Wildman–Crippen LogP) is 5.97. The lowest BCUT2D eigenvalue weighted by Crippen LogP contribution is -2.08. The molecule has 27 heavy (non-hydrogen) atoms. The molecule has 3 nitrogen and oxygen atoms in total. The highest BCUT2D eigenvalue weighted by atomic mass is 32.2. The fourth-order valence-corrected chi connectivity index (χ4v) is 6.25. The molecule has 0 unspecified atom stereocenters. The Morgan fingerprint density at radius 3 is 2.67 bits per heavy atom. The number of nitrogens with zero attached hydrogens (tertiary/aromatic N) is 3. The number of rotatable bonds is 4. The summed E-state index contributed by atoms with van der Waals surface area (Å²) < 4.78 is 1.20. The Balaban J connectivity index is 1.64. The summed E-state index contributed by atoms with van der Waals surface area (Å²) in [5.41, 5.74) is 6.71. The van der Waals surface area contributed by atoms with Crippen LogP contribution in [0.15, 0.2) is 41.7 Å². The molecule has 0 N–H and O–H groups in total. The van der Waals surface area contributed by atoms with Gasteiger partial charge in [-0.2, -0.15) is 0 Å². The van der Waals surface area contributed by atoms with Crippen LogP contribution in [0, 0.1) is 0 Å². The summed E-state index contributed by atoms with van der Waals surface area (Å²) in [4.78, 5) is 15.5. The standard InChI is InChI=1S/C22H21N3S2/c1-2-17-15-10-6-7-11-16(15)18-19-20(27-21(18)25-17)22(24-13-23-19)26-12-14-8-4-3-5-9-14/h3-5,8-9,13H,2,6-7,10-12H2,1H3. The summed E-state index contributed by atoms with van der Waals surface area (Å²) in [5.74, 6) is 0.924. The van der Waals surface area contributed by atoms with E-state index in [2.05, 4.69) is 42.2 Å². The van der Waals surface area contributed by atoms with Crippen LogP contribution in [0.4, 0.5) is 0 Å². The zero-order chi connectivity index (χ0) is 18.2. The largest absolute Gasteiger partial charge is 0.242 e. The molecule has 0 aliphatic heterocycles. The third-order valence-corrected chi connectivity index (χ3v) is 7.60. The fraction of sp³-hybridized carbons (Fsp3) is 0.318. The first kappa shape index (κ1) is 17.1. The second-order valence-electron chi connectivity index (χ2n) is 6.99. The highest BCUT2D eigenvalue weighted by Gasteiger charge is 2.22. The van der Waals surface area contributed by atoms with E-state index < -0.39 is 0 Å². The lowest BCUT2D eigenvalue weighted by atomic mass is 9.88. The number of thioether (sulfide) groups is 1. The predicted molar refractivity (Wildman–Crippen MR) is 115 cm³/mol. The number of hydrogen-bond acceptors (Lipinski definition) is 5. The minimum atomic E-state index is 0.924. The lowest BCUT2D eigenvalue weighted by Gasteiger charge is -2.19. The van der Waals surface area contributed by atoms with Gasteiger partial charge in [0.2, 0.25) is 0 Å². The van der Waals surface area contributed by atoms with Gasteiger partial charge in [0.25, 0.3) is 0 Å². The van der Waals surface area contributed by atoms with Crippen LogP contribution in [-0.2, 0) is 25.0 Å². The van der Waals surface area contributed by atoms with Crippen LogP contribution in [0.25, 0.3) is 20.4 Å². The highest BCUT2D eigenvalue weighted by Crippen LogP contribution is 2.41. The summed E-state index contributed by atoms with van der Waals surface area (Å²) in [6, 6.07) is 10.6. The molecule has 1 aliphatic rings. The van der Waals surface area contributed by atoms with E-state index in [0.717, 1.165) is 34.0 Å². The molecular weight excluding hydrogens is 370 g/mol. The molecule has 136 valence electrons. The van der Waals surface area contributed by atoms with Gasteiger partial charge < -0.3 is 0 Å². The molecule has 5 rings (SSSR count). The van der Waals surface area contributed by atoms with Crippen LogP contribution in [0.3, 0.4) is 0 Å². The number of aryl methyl sites for hydroxylation is 2. The SMILES string of the molecule is CCc1nc2sc3c(SCc4ccccc4)ncnc3c2c2c1CCCC2. The van der Waals surface area contributed by atoms with Gasteiger partial charge in [-0.15, -0.1) is 23.1 Å². The minimum absolute atomic E-state index is 0.924. The van der Waals surface area contributed by atoms with Crippen molar-refractivity contribution in [1.29, 1.82) is 0 Å². The van der Waals surface area contributed by atoms with Crippen LogP contribution in [0.5, 0.6) is 0 Å². The van der Waals surface area contributed by atoms with Crippen molar-refractivity contribution in [2.24, 2.45) is 0 Å². The topological polar surface area (TPSA) is 38.7 Å². The van der Waals surface area contributed by atoms with E-state index in [0.29, 0.717) is 0 Å². The monoisotopic (exact) mass is 391 g/mol. The van der Waals surface area contributed by atoms with Crippen molar-refractivity contribution >= 4 is 43.5 Å². The van der Waals surface area contributed by atoms with Gasteiger partial charge in [-0.3, -0.25) is 0 Å². The van der Waals surface area contributed by atoms with Crippen LogP contribution in [0.1, 0.15) is 42.1 Å². The van der Waals surface area contributed by atoms with Gasteiger partial charge >= 0.3 is 0 Å². The second-order valence-corrected chi connectivity index (χ2v) is 8.95. The van der Waals surface area contributed by atoms with Crippen LogP contribution in [0.2, 0.25) is 0 Å². The maximum Gasteiger partial charge on any atom is 0.126 e. The number of benzene rings is 1. The first-order chi connectivity index (χ1) is 13.3. The second kappa shape index (κ2) is 7.21. The quantitative estimate of drug-likeness (QED) is 0.317. The van der Waals surface area contributed by atoms with Crippen LogP contribution < -0.4 is 0 Å². The molecular formula is C22H21N3S2. The van der Waals surface area contributed by atoms with E-state index in [1.807, 2.05) is 0 Å². The van der Waals surface area contributed by atoms with Crippen molar-refractivity contribution in [2.45, 2.75) is 49.8 Å². The molecule has 0 saturated heterocycles. The van der Waals surface area contributed by atoms with Gasteiger partial charge in [0.15, 0.2) is 0 Å². The molecule has 3 heterocycles. The molecule has 0 atom stereocenters. The van der Waals surface area contributed by atoms with Crippen molar-refractivity contribution in [3.8, 4) is 0 Å². The zero-order valence-electron chi connectivity index (χ0n) is 15.4. The first-order valence-electron chi connectivity index (χ1n) is 9.59. The average molecular weight is 392 g/mol. The third-order valence-electron chi connectivity index (χ3n) is 5.33. The molecule has 0 spiro atoms. The maximum absolute atomic E-state index is 5.05. The molecule has 0 saturated carbocycles. The Morgan fingerprint density at radius 2 is 1.85 bits per heavy atom. The Hall–Kier alpha value is -1.98. The number of aromatic nitrogens is 3. The normalized spacial score (nSPS) is 14.0. The molecule has 5 heteroatoms. The maximum atomic E-state index is 5.05. The van der Waals surface area contributed by atoms with Crippen molar-refractivity contribution < 1.29 is 0 Å².